The van der Waals surface area contributed by atoms with E-state index >= 15 is 0 Å². The van der Waals surface area contributed by atoms with E-state index in [0.717, 1.165) is 18.2 Å². The molecule has 4 aromatic rings. The van der Waals surface area contributed by atoms with Crippen molar-refractivity contribution in [2.45, 2.75) is 49.9 Å². The fourth-order valence-electron chi connectivity index (χ4n) is 4.97. The van der Waals surface area contributed by atoms with Crippen molar-refractivity contribution in [3.8, 4) is 22.8 Å². The molecule has 6 rings (SSSR count). The van der Waals surface area contributed by atoms with Crippen LogP contribution in [-0.4, -0.2) is 45.3 Å². The van der Waals surface area contributed by atoms with E-state index in [4.69, 9.17) is 15.2 Å². The van der Waals surface area contributed by atoms with Gasteiger partial charge in [-0.15, -0.1) is 0 Å². The van der Waals surface area contributed by atoms with Gasteiger partial charge in [0.1, 0.15) is 35.0 Å². The third kappa shape index (κ3) is 4.92. The Morgan fingerprint density at radius 3 is 2.73 bits per heavy atom. The lowest BCUT2D eigenvalue weighted by Crippen LogP contribution is -2.36. The smallest absolute Gasteiger partial charge is 0.163 e. The number of aliphatic hydroxyl groups excluding tert-OH is 1. The molecule has 1 aliphatic carbocycles. The number of hydrogen-bond donors (Lipinski definition) is 3. The van der Waals surface area contributed by atoms with Gasteiger partial charge in [0.2, 0.25) is 0 Å². The third-order valence-electron chi connectivity index (χ3n) is 7.54. The number of carbonyl (C=O) groups excluding carboxylic acids is 1. The largest absolute Gasteiger partial charge is 0.489 e. The minimum absolute atomic E-state index is 0.0628. The number of carbonyl (C=O) groups is 1. The van der Waals surface area contributed by atoms with E-state index in [0.29, 0.717) is 39.4 Å². The fourth-order valence-corrected chi connectivity index (χ4v) is 4.97. The van der Waals surface area contributed by atoms with E-state index in [1.165, 1.54) is 12.1 Å². The first kappa shape index (κ1) is 26.3. The molecule has 1 saturated carbocycles. The molecule has 0 unspecified atom stereocenters. The molecule has 4 N–H and O–H groups in total. The Hall–Kier alpha value is -3.92. The highest BCUT2D eigenvalue weighted by atomic mass is 19.1. The summed E-state index contributed by atoms with van der Waals surface area (Å²) < 4.78 is 25.5. The normalized spacial score (nSPS) is 19.6. The van der Waals surface area contributed by atoms with Crippen molar-refractivity contribution in [2.24, 2.45) is 5.73 Å². The van der Waals surface area contributed by atoms with E-state index in [1.807, 2.05) is 6.07 Å². The van der Waals surface area contributed by atoms with Crippen LogP contribution in [0.1, 0.15) is 54.2 Å². The zero-order chi connectivity index (χ0) is 28.1. The maximum absolute atomic E-state index is 13.6. The van der Waals surface area contributed by atoms with E-state index in [1.54, 1.807) is 49.5 Å². The first-order valence-electron chi connectivity index (χ1n) is 13.3. The molecule has 0 bridgehead atoms. The summed E-state index contributed by atoms with van der Waals surface area (Å²) in [6, 6.07) is 14.5. The molecule has 2 aromatic carbocycles. The average Bonchev–Trinajstić information content (AvgIpc) is 3.73. The SMILES string of the molecule is C[C@]1(N)COc2c1cc([C@](O)(CO)CCC(=O)c1cc(OC3CC3)c3ncccc3c1)nc2-c1ccc(F)cc1. The molecule has 40 heavy (non-hydrogen) atoms. The van der Waals surface area contributed by atoms with Crippen LogP contribution in [0.4, 0.5) is 4.39 Å². The van der Waals surface area contributed by atoms with Gasteiger partial charge in [-0.25, -0.2) is 9.37 Å². The predicted octanol–water partition coefficient (Wildman–Crippen LogP) is 4.39. The summed E-state index contributed by atoms with van der Waals surface area (Å²) in [6.45, 7) is 1.32. The van der Waals surface area contributed by atoms with Crippen molar-refractivity contribution >= 4 is 16.7 Å². The van der Waals surface area contributed by atoms with E-state index in [9.17, 15) is 19.4 Å². The Kier molecular flexibility index (Phi) is 6.53. The van der Waals surface area contributed by atoms with E-state index < -0.39 is 23.6 Å². The molecule has 0 spiro atoms. The third-order valence-corrected chi connectivity index (χ3v) is 7.54. The quantitative estimate of drug-likeness (QED) is 0.265. The van der Waals surface area contributed by atoms with Crippen molar-refractivity contribution in [3.63, 3.8) is 0 Å². The zero-order valence-corrected chi connectivity index (χ0v) is 22.1. The van der Waals surface area contributed by atoms with Crippen LogP contribution in [0, 0.1) is 5.82 Å². The van der Waals surface area contributed by atoms with Gasteiger partial charge in [0.15, 0.2) is 11.5 Å². The topological polar surface area (TPSA) is 128 Å². The molecule has 0 saturated heterocycles. The molecule has 0 radical (unpaired) electrons. The van der Waals surface area contributed by atoms with Crippen molar-refractivity contribution in [1.82, 2.24) is 9.97 Å². The first-order valence-corrected chi connectivity index (χ1v) is 13.3. The number of benzene rings is 2. The van der Waals surface area contributed by atoms with Gasteiger partial charge in [0.05, 0.1) is 23.9 Å². The second-order valence-electron chi connectivity index (χ2n) is 10.9. The Morgan fingerprint density at radius 1 is 1.23 bits per heavy atom. The predicted molar refractivity (Wildman–Crippen MR) is 147 cm³/mol. The van der Waals surface area contributed by atoms with Gasteiger partial charge < -0.3 is 25.4 Å². The molecule has 1 fully saturated rings. The Bertz CT molecular complexity index is 1600. The molecule has 2 aliphatic rings. The number of aromatic nitrogens is 2. The van der Waals surface area contributed by atoms with Crippen molar-refractivity contribution in [2.75, 3.05) is 13.2 Å². The fraction of sp³-hybridized carbons (Fsp3) is 0.323. The van der Waals surface area contributed by atoms with E-state index in [2.05, 4.69) is 9.97 Å². The number of halogens is 1. The summed E-state index contributed by atoms with van der Waals surface area (Å²) in [4.78, 5) is 22.4. The summed E-state index contributed by atoms with van der Waals surface area (Å²) in [5, 5.41) is 22.8. The molecule has 1 aliphatic heterocycles. The summed E-state index contributed by atoms with van der Waals surface area (Å²) in [5.41, 5.74) is 6.62. The van der Waals surface area contributed by atoms with Crippen LogP contribution in [0.5, 0.6) is 11.5 Å². The Labute approximate surface area is 230 Å². The van der Waals surface area contributed by atoms with Crippen LogP contribution in [0.25, 0.3) is 22.2 Å². The molecule has 206 valence electrons. The highest BCUT2D eigenvalue weighted by molar-refractivity contribution is 6.01. The number of nitrogens with zero attached hydrogens (tertiary/aromatic N) is 2. The minimum Gasteiger partial charge on any atom is -0.489 e. The maximum atomic E-state index is 13.6. The van der Waals surface area contributed by atoms with Crippen LogP contribution < -0.4 is 15.2 Å². The standard InChI is InChI=1S/C31H30FN3O5/c1-30(33)17-39-29-23(30)15-26(35-28(29)18-4-6-21(32)7-5-18)31(38,16-36)11-10-24(37)20-13-19-3-2-12-34-27(19)25(14-20)40-22-8-9-22/h2-7,12-15,22,36,38H,8-11,16-17,33H2,1H3/t30-,31+/m0/s1. The lowest BCUT2D eigenvalue weighted by Gasteiger charge is -2.27. The number of Topliss-reactive ketones (excluding diaryl/α,β-unsaturated/α-hetero) is 1. The van der Waals surface area contributed by atoms with Crippen LogP contribution in [-0.2, 0) is 11.1 Å². The van der Waals surface area contributed by atoms with Gasteiger partial charge >= 0.3 is 0 Å². The van der Waals surface area contributed by atoms with Crippen LogP contribution in [0.15, 0.2) is 60.8 Å². The molecule has 8 nitrogen and oxygen atoms in total. The minimum atomic E-state index is -1.84. The molecule has 2 aromatic heterocycles. The van der Waals surface area contributed by atoms with Crippen molar-refractivity contribution in [1.29, 1.82) is 0 Å². The monoisotopic (exact) mass is 543 g/mol. The average molecular weight is 544 g/mol. The number of fused-ring (bicyclic) bond motifs is 2. The summed E-state index contributed by atoms with van der Waals surface area (Å²) in [5.74, 6) is 0.393. The van der Waals surface area contributed by atoms with Crippen molar-refractivity contribution in [3.05, 3.63) is 83.4 Å². The first-order chi connectivity index (χ1) is 19.2. The maximum Gasteiger partial charge on any atom is 0.163 e. The van der Waals surface area contributed by atoms with Gasteiger partial charge in [-0.3, -0.25) is 9.78 Å². The second kappa shape index (κ2) is 9.92. The molecular formula is C31H30FN3O5. The summed E-state index contributed by atoms with van der Waals surface area (Å²) >= 11 is 0. The van der Waals surface area contributed by atoms with Gasteiger partial charge in [-0.1, -0.05) is 6.07 Å². The number of pyridine rings is 2. The van der Waals surface area contributed by atoms with Gasteiger partial charge in [0.25, 0.3) is 0 Å². The number of ketones is 1. The zero-order valence-electron chi connectivity index (χ0n) is 22.1. The number of rotatable bonds is 9. The van der Waals surface area contributed by atoms with Crippen LogP contribution >= 0.6 is 0 Å². The Morgan fingerprint density at radius 2 is 2.00 bits per heavy atom. The highest BCUT2D eigenvalue weighted by Crippen LogP contribution is 2.44. The molecule has 0 amide bonds. The molecular weight excluding hydrogens is 513 g/mol. The highest BCUT2D eigenvalue weighted by Gasteiger charge is 2.40. The Balaban J connectivity index is 1.32. The summed E-state index contributed by atoms with van der Waals surface area (Å²) in [7, 11) is 0. The number of nitrogens with two attached hydrogens (primary N) is 1. The number of ether oxygens (including phenoxy) is 2. The summed E-state index contributed by atoms with van der Waals surface area (Å²) in [6.07, 6.45) is 3.60. The molecule has 2 atom stereocenters. The van der Waals surface area contributed by atoms with E-state index in [-0.39, 0.29) is 37.0 Å². The number of hydrogen-bond acceptors (Lipinski definition) is 8. The van der Waals surface area contributed by atoms with Gasteiger partial charge in [-0.2, -0.15) is 0 Å². The lowest BCUT2D eigenvalue weighted by atomic mass is 9.87. The van der Waals surface area contributed by atoms with Crippen LogP contribution in [0.2, 0.25) is 0 Å². The van der Waals surface area contributed by atoms with Crippen LogP contribution in [0.3, 0.4) is 0 Å². The number of aliphatic hydroxyl groups is 2. The molecule has 9 heteroatoms. The molecule has 3 heterocycles. The van der Waals surface area contributed by atoms with Gasteiger partial charge in [0, 0.05) is 34.7 Å². The lowest BCUT2D eigenvalue weighted by molar-refractivity contribution is -0.0298. The second-order valence-corrected chi connectivity index (χ2v) is 10.9. The van der Waals surface area contributed by atoms with Crippen molar-refractivity contribution < 1.29 is 28.9 Å². The van der Waals surface area contributed by atoms with Gasteiger partial charge in [-0.05, 0) is 74.7 Å².